The van der Waals surface area contributed by atoms with Gasteiger partial charge in [0, 0.05) is 12.3 Å². The Morgan fingerprint density at radius 2 is 1.86 bits per heavy atom. The predicted octanol–water partition coefficient (Wildman–Crippen LogP) is 1.13. The molecule has 0 aliphatic rings. The van der Waals surface area contributed by atoms with E-state index in [1.807, 2.05) is 20.8 Å². The Morgan fingerprint density at radius 1 is 1.29 bits per heavy atom. The van der Waals surface area contributed by atoms with Crippen LogP contribution < -0.4 is 5.48 Å². The molecule has 0 aromatic carbocycles. The molecule has 0 aliphatic heterocycles. The van der Waals surface area contributed by atoms with Crippen molar-refractivity contribution in [1.29, 1.82) is 0 Å². The van der Waals surface area contributed by atoms with Gasteiger partial charge in [0.15, 0.2) is 0 Å². The lowest BCUT2D eigenvalue weighted by atomic mass is 10.2. The van der Waals surface area contributed by atoms with E-state index < -0.39 is 9.84 Å². The summed E-state index contributed by atoms with van der Waals surface area (Å²) < 4.78 is 22.2. The number of nitrogens with one attached hydrogen (secondary N) is 1. The van der Waals surface area contributed by atoms with Crippen LogP contribution in [0, 0.1) is 0 Å². The van der Waals surface area contributed by atoms with Gasteiger partial charge >= 0.3 is 0 Å². The van der Waals surface area contributed by atoms with Crippen molar-refractivity contribution in [1.82, 2.24) is 5.48 Å². The average molecular weight is 223 g/mol. The third-order valence-corrected chi connectivity index (χ3v) is 3.34. The molecule has 86 valence electrons. The summed E-state index contributed by atoms with van der Waals surface area (Å²) in [6.45, 7) is 8.03. The van der Waals surface area contributed by atoms with Crippen molar-refractivity contribution in [3.05, 3.63) is 0 Å². The summed E-state index contributed by atoms with van der Waals surface area (Å²) in [4.78, 5) is 5.23. The molecule has 0 heterocycles. The van der Waals surface area contributed by atoms with Crippen LogP contribution in [0.25, 0.3) is 0 Å². The van der Waals surface area contributed by atoms with Crippen LogP contribution in [0.5, 0.6) is 0 Å². The maximum Gasteiger partial charge on any atom is 0.150 e. The predicted molar refractivity (Wildman–Crippen MR) is 57.8 cm³/mol. The molecule has 0 fully saturated rings. The van der Waals surface area contributed by atoms with Gasteiger partial charge in [0.2, 0.25) is 0 Å². The zero-order valence-corrected chi connectivity index (χ0v) is 10.3. The third kappa shape index (κ3) is 8.47. The van der Waals surface area contributed by atoms with Crippen LogP contribution in [0.15, 0.2) is 0 Å². The van der Waals surface area contributed by atoms with Gasteiger partial charge in [-0.05, 0) is 27.2 Å². The van der Waals surface area contributed by atoms with E-state index in [9.17, 15) is 8.42 Å². The van der Waals surface area contributed by atoms with Crippen LogP contribution in [0.4, 0.5) is 0 Å². The first-order chi connectivity index (χ1) is 6.27. The summed E-state index contributed by atoms with van der Waals surface area (Å²) >= 11 is 0. The molecule has 0 amide bonds. The van der Waals surface area contributed by atoms with Crippen molar-refractivity contribution in [2.45, 2.75) is 39.7 Å². The monoisotopic (exact) mass is 223 g/mol. The SMILES string of the molecule is CCS(=O)(=O)CCCNOC(C)(C)C. The molecule has 0 saturated carbocycles. The van der Waals surface area contributed by atoms with E-state index in [0.29, 0.717) is 13.0 Å². The van der Waals surface area contributed by atoms with Crippen molar-refractivity contribution in [3.63, 3.8) is 0 Å². The summed E-state index contributed by atoms with van der Waals surface area (Å²) in [5, 5.41) is 0. The molecule has 0 rings (SSSR count). The van der Waals surface area contributed by atoms with Gasteiger partial charge in [-0.1, -0.05) is 6.92 Å². The fraction of sp³-hybridized carbons (Fsp3) is 1.00. The fourth-order valence-corrected chi connectivity index (χ4v) is 1.65. The third-order valence-electron chi connectivity index (χ3n) is 1.55. The summed E-state index contributed by atoms with van der Waals surface area (Å²) in [6, 6.07) is 0. The van der Waals surface area contributed by atoms with E-state index in [-0.39, 0.29) is 17.1 Å². The summed E-state index contributed by atoms with van der Waals surface area (Å²) in [7, 11) is -2.83. The second-order valence-corrected chi connectivity index (χ2v) is 6.67. The van der Waals surface area contributed by atoms with Gasteiger partial charge in [0.1, 0.15) is 9.84 Å². The molecule has 1 N–H and O–H groups in total. The topological polar surface area (TPSA) is 55.4 Å². The van der Waals surface area contributed by atoms with E-state index in [1.54, 1.807) is 6.92 Å². The van der Waals surface area contributed by atoms with Crippen molar-refractivity contribution in [2.24, 2.45) is 0 Å². The number of hydroxylamine groups is 1. The van der Waals surface area contributed by atoms with Crippen LogP contribution in [0.1, 0.15) is 34.1 Å². The van der Waals surface area contributed by atoms with Crippen LogP contribution in [-0.4, -0.2) is 32.1 Å². The Kier molecular flexibility index (Phi) is 5.63. The smallest absolute Gasteiger partial charge is 0.150 e. The van der Waals surface area contributed by atoms with Crippen LogP contribution in [0.2, 0.25) is 0 Å². The van der Waals surface area contributed by atoms with Crippen LogP contribution >= 0.6 is 0 Å². The Hall–Kier alpha value is -0.130. The molecule has 0 atom stereocenters. The molecule has 5 heteroatoms. The second-order valence-electron chi connectivity index (χ2n) is 4.20. The minimum Gasteiger partial charge on any atom is -0.296 e. The first-order valence-electron chi connectivity index (χ1n) is 4.88. The van der Waals surface area contributed by atoms with Gasteiger partial charge in [-0.15, -0.1) is 0 Å². The minimum atomic E-state index is -2.83. The summed E-state index contributed by atoms with van der Waals surface area (Å²) in [5.41, 5.74) is 2.53. The number of rotatable bonds is 6. The number of hydrogen-bond acceptors (Lipinski definition) is 4. The second kappa shape index (κ2) is 5.68. The Bertz CT molecular complexity index is 241. The summed E-state index contributed by atoms with van der Waals surface area (Å²) in [6.07, 6.45) is 0.590. The fourth-order valence-electron chi connectivity index (χ4n) is 0.776. The highest BCUT2D eigenvalue weighted by Crippen LogP contribution is 2.03. The van der Waals surface area contributed by atoms with Gasteiger partial charge < -0.3 is 0 Å². The van der Waals surface area contributed by atoms with Gasteiger partial charge in [-0.25, -0.2) is 13.9 Å². The molecule has 0 aromatic rings. The first-order valence-corrected chi connectivity index (χ1v) is 6.70. The highest BCUT2D eigenvalue weighted by atomic mass is 32.2. The van der Waals surface area contributed by atoms with E-state index in [2.05, 4.69) is 5.48 Å². The summed E-state index contributed by atoms with van der Waals surface area (Å²) in [5.74, 6) is 0.442. The van der Waals surface area contributed by atoms with Crippen molar-refractivity contribution in [3.8, 4) is 0 Å². The Morgan fingerprint density at radius 3 is 2.29 bits per heavy atom. The average Bonchev–Trinajstić information content (AvgIpc) is 2.01. The molecule has 4 nitrogen and oxygen atoms in total. The van der Waals surface area contributed by atoms with Crippen LogP contribution in [0.3, 0.4) is 0 Å². The molecule has 0 bridgehead atoms. The van der Waals surface area contributed by atoms with Gasteiger partial charge in [-0.3, -0.25) is 4.84 Å². The Labute approximate surface area is 86.9 Å². The van der Waals surface area contributed by atoms with E-state index in [4.69, 9.17) is 4.84 Å². The lowest BCUT2D eigenvalue weighted by molar-refractivity contribution is -0.0720. The van der Waals surface area contributed by atoms with Crippen LogP contribution in [-0.2, 0) is 14.7 Å². The van der Waals surface area contributed by atoms with Gasteiger partial charge in [0.05, 0.1) is 11.4 Å². The molecular weight excluding hydrogens is 202 g/mol. The molecule has 0 aromatic heterocycles. The first kappa shape index (κ1) is 13.9. The molecule has 0 saturated heterocycles. The zero-order chi connectivity index (χ0) is 11.2. The minimum absolute atomic E-state index is 0.215. The highest BCUT2D eigenvalue weighted by Gasteiger charge is 2.10. The van der Waals surface area contributed by atoms with Gasteiger partial charge in [-0.2, -0.15) is 0 Å². The molecule has 14 heavy (non-hydrogen) atoms. The zero-order valence-electron chi connectivity index (χ0n) is 9.46. The number of hydrogen-bond donors (Lipinski definition) is 1. The molecule has 0 unspecified atom stereocenters. The maximum atomic E-state index is 11.1. The number of sulfone groups is 1. The molecule has 0 radical (unpaired) electrons. The molecule has 0 aliphatic carbocycles. The largest absolute Gasteiger partial charge is 0.296 e. The normalized spacial score (nSPS) is 13.1. The van der Waals surface area contributed by atoms with Crippen molar-refractivity contribution in [2.75, 3.05) is 18.1 Å². The lowest BCUT2D eigenvalue weighted by Crippen LogP contribution is -2.30. The van der Waals surface area contributed by atoms with E-state index in [1.165, 1.54) is 0 Å². The maximum absolute atomic E-state index is 11.1. The van der Waals surface area contributed by atoms with Gasteiger partial charge in [0.25, 0.3) is 0 Å². The van der Waals surface area contributed by atoms with E-state index in [0.717, 1.165) is 0 Å². The molecule has 0 spiro atoms. The molecular formula is C9H21NO3S. The van der Waals surface area contributed by atoms with Crippen molar-refractivity contribution < 1.29 is 13.3 Å². The van der Waals surface area contributed by atoms with Crippen molar-refractivity contribution >= 4 is 9.84 Å². The standard InChI is InChI=1S/C9H21NO3S/c1-5-14(11,12)8-6-7-10-13-9(2,3)4/h10H,5-8H2,1-4H3. The van der Waals surface area contributed by atoms with E-state index >= 15 is 0 Å². The lowest BCUT2D eigenvalue weighted by Gasteiger charge is -2.19. The highest BCUT2D eigenvalue weighted by molar-refractivity contribution is 7.91. The quantitative estimate of drug-likeness (QED) is 0.542. The Balaban J connectivity index is 3.49.